The molecule has 0 aromatic heterocycles. The molecular formula is C23H44O4Si2. The van der Waals surface area contributed by atoms with Crippen molar-refractivity contribution in [3.05, 3.63) is 23.8 Å². The first-order chi connectivity index (χ1) is 13.6. The van der Waals surface area contributed by atoms with Crippen molar-refractivity contribution in [2.24, 2.45) is 0 Å². The number of benzene rings is 1. The molecule has 0 aliphatic carbocycles. The Balaban J connectivity index is 2.54. The predicted octanol–water partition coefficient (Wildman–Crippen LogP) is 6.80. The molecule has 0 atom stereocenters. The first-order valence-corrected chi connectivity index (χ1v) is 18.6. The molecule has 0 radical (unpaired) electrons. The standard InChI is InChI=1S/C23H44O4Si2/c1-8-9-10-11-21-16-22(26-19-24-12-14-28(2,3)4)18-23(17-21)27-20-25-13-15-29(5,6)7/h16-18H,8-15,19-20H2,1-7H3. The average molecular weight is 441 g/mol. The van der Waals surface area contributed by atoms with Gasteiger partial charge in [0.15, 0.2) is 13.6 Å². The molecule has 0 aliphatic rings. The second-order valence-electron chi connectivity index (χ2n) is 10.2. The van der Waals surface area contributed by atoms with E-state index < -0.39 is 16.1 Å². The molecule has 1 rings (SSSR count). The number of unbranched alkanes of at least 4 members (excludes halogenated alkanes) is 2. The van der Waals surface area contributed by atoms with Gasteiger partial charge in [-0.25, -0.2) is 0 Å². The fourth-order valence-electron chi connectivity index (χ4n) is 2.61. The highest BCUT2D eigenvalue weighted by atomic mass is 28.3. The molecule has 0 spiro atoms. The van der Waals surface area contributed by atoms with Crippen LogP contribution in [0.2, 0.25) is 51.4 Å². The van der Waals surface area contributed by atoms with E-state index in [0.29, 0.717) is 0 Å². The van der Waals surface area contributed by atoms with Crippen LogP contribution in [0.15, 0.2) is 18.2 Å². The van der Waals surface area contributed by atoms with Crippen molar-refractivity contribution < 1.29 is 18.9 Å². The molecule has 6 heteroatoms. The Hall–Kier alpha value is -0.826. The molecule has 0 aliphatic heterocycles. The Kier molecular flexibility index (Phi) is 12.2. The van der Waals surface area contributed by atoms with Gasteiger partial charge in [-0.1, -0.05) is 59.0 Å². The molecular weight excluding hydrogens is 396 g/mol. The third-order valence-electron chi connectivity index (χ3n) is 4.62. The van der Waals surface area contributed by atoms with Gasteiger partial charge >= 0.3 is 0 Å². The number of ether oxygens (including phenoxy) is 4. The van der Waals surface area contributed by atoms with Gasteiger partial charge in [0.2, 0.25) is 0 Å². The van der Waals surface area contributed by atoms with Gasteiger partial charge in [-0.05, 0) is 42.6 Å². The Morgan fingerprint density at radius 3 is 1.59 bits per heavy atom. The van der Waals surface area contributed by atoms with Crippen molar-refractivity contribution in [3.63, 3.8) is 0 Å². The number of aryl methyl sites for hydroxylation is 1. The van der Waals surface area contributed by atoms with Gasteiger partial charge in [-0.15, -0.1) is 0 Å². The maximum atomic E-state index is 5.86. The number of hydrogen-bond acceptors (Lipinski definition) is 4. The summed E-state index contributed by atoms with van der Waals surface area (Å²) in [5.41, 5.74) is 1.25. The van der Waals surface area contributed by atoms with Crippen LogP contribution in [0.25, 0.3) is 0 Å². The smallest absolute Gasteiger partial charge is 0.189 e. The van der Waals surface area contributed by atoms with E-state index in [-0.39, 0.29) is 13.6 Å². The quantitative estimate of drug-likeness (QED) is 0.161. The summed E-state index contributed by atoms with van der Waals surface area (Å²) in [7, 11) is -2.14. The fraction of sp³-hybridized carbons (Fsp3) is 0.739. The van der Waals surface area contributed by atoms with Crippen LogP contribution in [-0.4, -0.2) is 42.9 Å². The molecule has 0 saturated heterocycles. The zero-order chi connectivity index (χ0) is 21.8. The van der Waals surface area contributed by atoms with E-state index in [1.54, 1.807) is 0 Å². The van der Waals surface area contributed by atoms with Gasteiger partial charge in [0, 0.05) is 35.4 Å². The summed E-state index contributed by atoms with van der Waals surface area (Å²) in [6.45, 7) is 18.4. The first kappa shape index (κ1) is 26.2. The van der Waals surface area contributed by atoms with E-state index >= 15 is 0 Å². The lowest BCUT2D eigenvalue weighted by atomic mass is 10.1. The van der Waals surface area contributed by atoms with Crippen LogP contribution < -0.4 is 9.47 Å². The third kappa shape index (κ3) is 14.7. The second-order valence-corrected chi connectivity index (χ2v) is 21.5. The van der Waals surface area contributed by atoms with Gasteiger partial charge in [-0.2, -0.15) is 0 Å². The van der Waals surface area contributed by atoms with E-state index in [2.05, 4.69) is 58.3 Å². The minimum atomic E-state index is -1.07. The third-order valence-corrected chi connectivity index (χ3v) is 8.03. The maximum Gasteiger partial charge on any atom is 0.189 e. The van der Waals surface area contributed by atoms with Crippen molar-refractivity contribution >= 4 is 16.1 Å². The summed E-state index contributed by atoms with van der Waals surface area (Å²) in [6.07, 6.45) is 4.67. The van der Waals surface area contributed by atoms with E-state index in [4.69, 9.17) is 18.9 Å². The van der Waals surface area contributed by atoms with Gasteiger partial charge in [0.25, 0.3) is 0 Å². The highest BCUT2D eigenvalue weighted by molar-refractivity contribution is 6.76. The predicted molar refractivity (Wildman–Crippen MR) is 129 cm³/mol. The summed E-state index contributed by atoms with van der Waals surface area (Å²) < 4.78 is 23.1. The Morgan fingerprint density at radius 2 is 1.17 bits per heavy atom. The molecule has 1 aromatic carbocycles. The monoisotopic (exact) mass is 440 g/mol. The molecule has 1 aromatic rings. The van der Waals surface area contributed by atoms with E-state index in [1.807, 2.05) is 6.07 Å². The summed E-state index contributed by atoms with van der Waals surface area (Å²) in [5, 5.41) is 0. The molecule has 0 N–H and O–H groups in total. The fourth-order valence-corrected chi connectivity index (χ4v) is 4.13. The average Bonchev–Trinajstić information content (AvgIpc) is 2.59. The van der Waals surface area contributed by atoms with Gasteiger partial charge in [0.1, 0.15) is 11.5 Å². The SMILES string of the molecule is CCCCCc1cc(OCOCC[Si](C)(C)C)cc(OCOCC[Si](C)(C)C)c1. The molecule has 168 valence electrons. The lowest BCUT2D eigenvalue weighted by Crippen LogP contribution is -2.22. The van der Waals surface area contributed by atoms with Gasteiger partial charge in [-0.3, -0.25) is 0 Å². The van der Waals surface area contributed by atoms with Crippen molar-refractivity contribution in [3.8, 4) is 11.5 Å². The van der Waals surface area contributed by atoms with Crippen LogP contribution in [0.3, 0.4) is 0 Å². The maximum absolute atomic E-state index is 5.86. The summed E-state index contributed by atoms with van der Waals surface area (Å²) in [4.78, 5) is 0. The zero-order valence-electron chi connectivity index (χ0n) is 19.9. The molecule has 4 nitrogen and oxygen atoms in total. The lowest BCUT2D eigenvalue weighted by Gasteiger charge is -2.17. The Morgan fingerprint density at radius 1 is 0.690 bits per heavy atom. The van der Waals surface area contributed by atoms with Crippen LogP contribution in [0.4, 0.5) is 0 Å². The topological polar surface area (TPSA) is 36.9 Å². The highest BCUT2D eigenvalue weighted by Gasteiger charge is 2.13. The van der Waals surface area contributed by atoms with Crippen LogP contribution in [0.5, 0.6) is 11.5 Å². The van der Waals surface area contributed by atoms with Crippen molar-refractivity contribution in [1.82, 2.24) is 0 Å². The van der Waals surface area contributed by atoms with Crippen molar-refractivity contribution in [2.75, 3.05) is 26.8 Å². The van der Waals surface area contributed by atoms with Crippen LogP contribution in [-0.2, 0) is 15.9 Å². The van der Waals surface area contributed by atoms with E-state index in [0.717, 1.165) is 43.2 Å². The summed E-state index contributed by atoms with van der Waals surface area (Å²) in [6, 6.07) is 8.45. The minimum absolute atomic E-state index is 0.287. The number of hydrogen-bond donors (Lipinski definition) is 0. The van der Waals surface area contributed by atoms with Crippen molar-refractivity contribution in [1.29, 1.82) is 0 Å². The summed E-state index contributed by atoms with van der Waals surface area (Å²) in [5.74, 6) is 1.62. The zero-order valence-corrected chi connectivity index (χ0v) is 21.9. The number of rotatable bonds is 16. The molecule has 0 saturated carbocycles. The first-order valence-electron chi connectivity index (χ1n) is 11.1. The lowest BCUT2D eigenvalue weighted by molar-refractivity contribution is 0.0178. The van der Waals surface area contributed by atoms with Gasteiger partial charge < -0.3 is 18.9 Å². The summed E-state index contributed by atoms with van der Waals surface area (Å²) >= 11 is 0. The largest absolute Gasteiger partial charge is 0.467 e. The molecule has 29 heavy (non-hydrogen) atoms. The normalized spacial score (nSPS) is 12.2. The Bertz CT molecular complexity index is 523. The van der Waals surface area contributed by atoms with Crippen LogP contribution in [0, 0.1) is 0 Å². The van der Waals surface area contributed by atoms with Crippen LogP contribution in [0.1, 0.15) is 31.7 Å². The van der Waals surface area contributed by atoms with Crippen LogP contribution >= 0.6 is 0 Å². The molecule has 0 bridgehead atoms. The molecule has 0 fully saturated rings. The Labute approximate surface area is 181 Å². The molecule has 0 unspecified atom stereocenters. The highest BCUT2D eigenvalue weighted by Crippen LogP contribution is 2.25. The van der Waals surface area contributed by atoms with Gasteiger partial charge in [0.05, 0.1) is 0 Å². The minimum Gasteiger partial charge on any atom is -0.467 e. The van der Waals surface area contributed by atoms with E-state index in [1.165, 1.54) is 24.8 Å². The van der Waals surface area contributed by atoms with E-state index in [9.17, 15) is 0 Å². The molecule has 0 heterocycles. The molecule has 0 amide bonds. The second kappa shape index (κ2) is 13.5. The van der Waals surface area contributed by atoms with Crippen molar-refractivity contribution in [2.45, 2.75) is 84.0 Å².